The van der Waals surface area contributed by atoms with Crippen molar-refractivity contribution in [3.63, 3.8) is 0 Å². The van der Waals surface area contributed by atoms with Crippen molar-refractivity contribution in [2.45, 2.75) is 6.92 Å². The summed E-state index contributed by atoms with van der Waals surface area (Å²) in [5.41, 5.74) is 8.30. The summed E-state index contributed by atoms with van der Waals surface area (Å²) in [5.74, 6) is 0.368. The molecule has 0 aliphatic carbocycles. The second kappa shape index (κ2) is 4.96. The van der Waals surface area contributed by atoms with Crippen LogP contribution in [0, 0.1) is 12.7 Å². The van der Waals surface area contributed by atoms with E-state index < -0.39 is 0 Å². The first-order valence-electron chi connectivity index (χ1n) is 5.57. The summed E-state index contributed by atoms with van der Waals surface area (Å²) < 4.78 is 18.7. The van der Waals surface area contributed by atoms with Crippen LogP contribution in [0.3, 0.4) is 0 Å². The van der Waals surface area contributed by atoms with Crippen LogP contribution < -0.4 is 15.8 Å². The van der Waals surface area contributed by atoms with Gasteiger partial charge in [0, 0.05) is 6.07 Å². The van der Waals surface area contributed by atoms with Crippen molar-refractivity contribution < 1.29 is 9.13 Å². The smallest absolute Gasteiger partial charge is 0.146 e. The summed E-state index contributed by atoms with van der Waals surface area (Å²) in [4.78, 5) is 0. The number of benzene rings is 2. The molecule has 4 heteroatoms. The van der Waals surface area contributed by atoms with E-state index in [-0.39, 0.29) is 5.82 Å². The monoisotopic (exact) mass is 246 g/mol. The van der Waals surface area contributed by atoms with E-state index in [0.717, 1.165) is 5.56 Å². The Labute approximate surface area is 105 Å². The molecule has 94 valence electrons. The summed E-state index contributed by atoms with van der Waals surface area (Å²) in [6.45, 7) is 1.84. The molecule has 0 bridgehead atoms. The minimum atomic E-state index is -0.301. The molecule has 0 aromatic heterocycles. The average molecular weight is 246 g/mol. The highest BCUT2D eigenvalue weighted by atomic mass is 19.1. The molecule has 0 unspecified atom stereocenters. The van der Waals surface area contributed by atoms with Gasteiger partial charge in [0.05, 0.1) is 24.2 Å². The Balaban J connectivity index is 2.28. The van der Waals surface area contributed by atoms with Crippen LogP contribution in [0.1, 0.15) is 5.56 Å². The first kappa shape index (κ1) is 12.2. The number of nitrogen functional groups attached to an aromatic ring is 1. The zero-order valence-corrected chi connectivity index (χ0v) is 10.3. The van der Waals surface area contributed by atoms with Gasteiger partial charge in [-0.1, -0.05) is 6.07 Å². The molecule has 2 aromatic carbocycles. The van der Waals surface area contributed by atoms with E-state index in [1.54, 1.807) is 31.4 Å². The predicted octanol–water partition coefficient (Wildman–Crippen LogP) is 3.47. The first-order valence-corrected chi connectivity index (χ1v) is 5.57. The van der Waals surface area contributed by atoms with E-state index in [1.807, 2.05) is 13.0 Å². The Morgan fingerprint density at radius 2 is 1.83 bits per heavy atom. The van der Waals surface area contributed by atoms with E-state index in [4.69, 9.17) is 10.5 Å². The van der Waals surface area contributed by atoms with Crippen LogP contribution in [-0.2, 0) is 0 Å². The second-order valence-electron chi connectivity index (χ2n) is 4.06. The van der Waals surface area contributed by atoms with Gasteiger partial charge >= 0.3 is 0 Å². The van der Waals surface area contributed by atoms with Gasteiger partial charge in [-0.15, -0.1) is 0 Å². The molecular formula is C14H15FN2O. The Hall–Kier alpha value is -2.23. The summed E-state index contributed by atoms with van der Waals surface area (Å²) in [6, 6.07) is 10.2. The van der Waals surface area contributed by atoms with Gasteiger partial charge in [0.15, 0.2) is 0 Å². The number of ether oxygens (including phenoxy) is 1. The van der Waals surface area contributed by atoms with Gasteiger partial charge in [0.2, 0.25) is 0 Å². The fraction of sp³-hybridized carbons (Fsp3) is 0.143. The second-order valence-corrected chi connectivity index (χ2v) is 4.06. The van der Waals surface area contributed by atoms with E-state index in [1.165, 1.54) is 6.07 Å². The van der Waals surface area contributed by atoms with Crippen molar-refractivity contribution in [1.82, 2.24) is 0 Å². The minimum Gasteiger partial charge on any atom is -0.497 e. The summed E-state index contributed by atoms with van der Waals surface area (Å²) in [6.07, 6.45) is 0. The lowest BCUT2D eigenvalue weighted by Crippen LogP contribution is -1.99. The molecule has 2 aromatic rings. The number of methoxy groups -OCH3 is 1. The Morgan fingerprint density at radius 1 is 1.11 bits per heavy atom. The fourth-order valence-electron chi connectivity index (χ4n) is 1.65. The Bertz CT molecular complexity index is 570. The van der Waals surface area contributed by atoms with Gasteiger partial charge in [0.1, 0.15) is 11.6 Å². The molecule has 0 fully saturated rings. The SMILES string of the molecule is COc1ccc(Nc2ccc(C)cc2F)c(N)c1. The molecule has 0 heterocycles. The van der Waals surface area contributed by atoms with E-state index in [2.05, 4.69) is 5.32 Å². The summed E-state index contributed by atoms with van der Waals surface area (Å²) in [7, 11) is 1.57. The molecule has 0 saturated heterocycles. The maximum absolute atomic E-state index is 13.7. The Kier molecular flexibility index (Phi) is 3.37. The van der Waals surface area contributed by atoms with Gasteiger partial charge in [-0.3, -0.25) is 0 Å². The third-order valence-electron chi connectivity index (χ3n) is 2.65. The van der Waals surface area contributed by atoms with Crippen molar-refractivity contribution in [1.29, 1.82) is 0 Å². The molecule has 0 saturated carbocycles. The number of anilines is 3. The molecular weight excluding hydrogens is 231 g/mol. The number of hydrogen-bond acceptors (Lipinski definition) is 3. The molecule has 0 spiro atoms. The fourth-order valence-corrected chi connectivity index (χ4v) is 1.65. The highest BCUT2D eigenvalue weighted by molar-refractivity contribution is 5.74. The average Bonchev–Trinajstić information content (AvgIpc) is 2.34. The largest absolute Gasteiger partial charge is 0.497 e. The summed E-state index contributed by atoms with van der Waals surface area (Å²) >= 11 is 0. The predicted molar refractivity (Wildman–Crippen MR) is 71.8 cm³/mol. The molecule has 18 heavy (non-hydrogen) atoms. The van der Waals surface area contributed by atoms with Crippen molar-refractivity contribution in [3.05, 3.63) is 47.8 Å². The van der Waals surface area contributed by atoms with Crippen LogP contribution in [-0.4, -0.2) is 7.11 Å². The third-order valence-corrected chi connectivity index (χ3v) is 2.65. The van der Waals surface area contributed by atoms with Gasteiger partial charge in [-0.25, -0.2) is 4.39 Å². The quantitative estimate of drug-likeness (QED) is 0.815. The lowest BCUT2D eigenvalue weighted by atomic mass is 10.2. The van der Waals surface area contributed by atoms with Crippen molar-refractivity contribution in [2.75, 3.05) is 18.2 Å². The molecule has 0 amide bonds. The van der Waals surface area contributed by atoms with Crippen LogP contribution in [0.4, 0.5) is 21.5 Å². The number of nitrogens with two attached hydrogens (primary N) is 1. The van der Waals surface area contributed by atoms with Crippen molar-refractivity contribution in [2.24, 2.45) is 0 Å². The van der Waals surface area contributed by atoms with E-state index in [9.17, 15) is 4.39 Å². The molecule has 0 aliphatic rings. The lowest BCUT2D eigenvalue weighted by Gasteiger charge is -2.11. The van der Waals surface area contributed by atoms with Crippen LogP contribution >= 0.6 is 0 Å². The van der Waals surface area contributed by atoms with Gasteiger partial charge in [-0.05, 0) is 36.8 Å². The number of nitrogens with one attached hydrogen (secondary N) is 1. The van der Waals surface area contributed by atoms with Crippen LogP contribution in [0.2, 0.25) is 0 Å². The molecule has 0 atom stereocenters. The van der Waals surface area contributed by atoms with Gasteiger partial charge in [-0.2, -0.15) is 0 Å². The van der Waals surface area contributed by atoms with Crippen LogP contribution in [0.5, 0.6) is 5.75 Å². The zero-order valence-electron chi connectivity index (χ0n) is 10.3. The van der Waals surface area contributed by atoms with Crippen LogP contribution in [0.25, 0.3) is 0 Å². The minimum absolute atomic E-state index is 0.301. The van der Waals surface area contributed by atoms with Crippen molar-refractivity contribution in [3.8, 4) is 5.75 Å². The van der Waals surface area contributed by atoms with E-state index >= 15 is 0 Å². The molecule has 0 aliphatic heterocycles. The zero-order chi connectivity index (χ0) is 13.1. The van der Waals surface area contributed by atoms with Gasteiger partial charge in [0.25, 0.3) is 0 Å². The summed E-state index contributed by atoms with van der Waals surface area (Å²) in [5, 5.41) is 2.96. The highest BCUT2D eigenvalue weighted by Gasteiger charge is 2.05. The maximum Gasteiger partial charge on any atom is 0.146 e. The molecule has 0 radical (unpaired) electrons. The van der Waals surface area contributed by atoms with Crippen LogP contribution in [0.15, 0.2) is 36.4 Å². The maximum atomic E-state index is 13.7. The number of halogens is 1. The third kappa shape index (κ3) is 2.53. The van der Waals surface area contributed by atoms with Crippen molar-refractivity contribution >= 4 is 17.1 Å². The van der Waals surface area contributed by atoms with Gasteiger partial charge < -0.3 is 15.8 Å². The normalized spacial score (nSPS) is 10.2. The molecule has 2 rings (SSSR count). The molecule has 3 nitrogen and oxygen atoms in total. The topological polar surface area (TPSA) is 47.3 Å². The number of rotatable bonds is 3. The lowest BCUT2D eigenvalue weighted by molar-refractivity contribution is 0.415. The molecule has 3 N–H and O–H groups in total. The number of hydrogen-bond donors (Lipinski definition) is 2. The Morgan fingerprint density at radius 3 is 2.44 bits per heavy atom. The van der Waals surface area contributed by atoms with E-state index in [0.29, 0.717) is 22.8 Å². The number of aryl methyl sites for hydroxylation is 1. The highest BCUT2D eigenvalue weighted by Crippen LogP contribution is 2.28. The standard InChI is InChI=1S/C14H15FN2O/c1-9-3-5-13(11(15)7-9)17-14-6-4-10(18-2)8-12(14)16/h3-8,17H,16H2,1-2H3. The first-order chi connectivity index (χ1) is 8.60.